The Kier molecular flexibility index (Phi) is 5.83. The molecule has 1 unspecified atom stereocenters. The maximum Gasteiger partial charge on any atom is 0.261 e. The number of nitrogens with one attached hydrogen (secondary N) is 1. The van der Waals surface area contributed by atoms with Gasteiger partial charge in [0, 0.05) is 19.0 Å². The van der Waals surface area contributed by atoms with Crippen LogP contribution in [0.15, 0.2) is 47.3 Å². The number of halogens is 1. The second-order valence-electron chi connectivity index (χ2n) is 7.69. The summed E-state index contributed by atoms with van der Waals surface area (Å²) in [6.07, 6.45) is 1.69. The molecule has 0 bridgehead atoms. The minimum atomic E-state index is -0.628. The van der Waals surface area contributed by atoms with Crippen LogP contribution >= 0.6 is 0 Å². The van der Waals surface area contributed by atoms with E-state index in [-0.39, 0.29) is 11.2 Å². The second kappa shape index (κ2) is 8.70. The standard InChI is InChI=1S/C24H23FN4O2/c1-26-20-9-6-17(13-19(20)25)23-22(16-4-7-18(31-3)8-5-16)24(30)29(2)21(28-23)12-15-10-11-27-14-15/h4-9,13,15,27H,10-12,14H2,2-3H3. The lowest BCUT2D eigenvalue weighted by atomic mass is 9.98. The zero-order chi connectivity index (χ0) is 22.0. The number of rotatable bonds is 5. The van der Waals surface area contributed by atoms with E-state index >= 15 is 0 Å². The quantitative estimate of drug-likeness (QED) is 0.637. The molecule has 7 heteroatoms. The van der Waals surface area contributed by atoms with Crippen molar-refractivity contribution in [2.75, 3.05) is 20.2 Å². The Labute approximate surface area is 180 Å². The van der Waals surface area contributed by atoms with Crippen molar-refractivity contribution in [3.05, 3.63) is 75.9 Å². The van der Waals surface area contributed by atoms with Crippen LogP contribution in [0.4, 0.5) is 10.1 Å². The van der Waals surface area contributed by atoms with Gasteiger partial charge in [0.1, 0.15) is 17.4 Å². The molecular weight excluding hydrogens is 395 g/mol. The highest BCUT2D eigenvalue weighted by atomic mass is 19.1. The summed E-state index contributed by atoms with van der Waals surface area (Å²) in [6.45, 7) is 8.94. The molecule has 1 N–H and O–H groups in total. The van der Waals surface area contributed by atoms with E-state index in [0.717, 1.165) is 19.5 Å². The van der Waals surface area contributed by atoms with E-state index in [9.17, 15) is 9.18 Å². The topological polar surface area (TPSA) is 60.5 Å². The Bertz CT molecular complexity index is 1210. The molecule has 158 valence electrons. The number of methoxy groups -OCH3 is 1. The number of hydrogen-bond acceptors (Lipinski definition) is 4. The number of aromatic nitrogens is 2. The molecule has 0 radical (unpaired) electrons. The van der Waals surface area contributed by atoms with E-state index < -0.39 is 5.82 Å². The minimum absolute atomic E-state index is 0.0594. The summed E-state index contributed by atoms with van der Waals surface area (Å²) in [5, 5.41) is 3.34. The Morgan fingerprint density at radius 2 is 2.00 bits per heavy atom. The fraction of sp³-hybridized carbons (Fsp3) is 0.292. The van der Waals surface area contributed by atoms with Gasteiger partial charge in [-0.05, 0) is 49.2 Å². The molecule has 2 aromatic carbocycles. The molecule has 1 fully saturated rings. The summed E-state index contributed by atoms with van der Waals surface area (Å²) in [4.78, 5) is 21.5. The van der Waals surface area contributed by atoms with Crippen molar-refractivity contribution >= 4 is 5.69 Å². The van der Waals surface area contributed by atoms with E-state index in [0.29, 0.717) is 46.3 Å². The fourth-order valence-corrected chi connectivity index (χ4v) is 3.95. The summed E-state index contributed by atoms with van der Waals surface area (Å²) in [6, 6.07) is 11.5. The lowest BCUT2D eigenvalue weighted by Gasteiger charge is -2.17. The van der Waals surface area contributed by atoms with Crippen LogP contribution in [0.25, 0.3) is 27.2 Å². The second-order valence-corrected chi connectivity index (χ2v) is 7.69. The van der Waals surface area contributed by atoms with Gasteiger partial charge in [-0.1, -0.05) is 24.3 Å². The first-order valence-electron chi connectivity index (χ1n) is 10.1. The largest absolute Gasteiger partial charge is 0.497 e. The summed E-state index contributed by atoms with van der Waals surface area (Å²) in [7, 11) is 3.31. The van der Waals surface area contributed by atoms with Crippen LogP contribution in [0, 0.1) is 18.3 Å². The van der Waals surface area contributed by atoms with Crippen LogP contribution in [-0.2, 0) is 13.5 Å². The molecule has 6 nitrogen and oxygen atoms in total. The van der Waals surface area contributed by atoms with E-state index in [1.165, 1.54) is 12.1 Å². The summed E-state index contributed by atoms with van der Waals surface area (Å²) >= 11 is 0. The Hall–Kier alpha value is -3.50. The normalized spacial score (nSPS) is 15.6. The predicted octanol–water partition coefficient (Wildman–Crippen LogP) is 3.96. The van der Waals surface area contributed by atoms with E-state index in [1.807, 2.05) is 0 Å². The minimum Gasteiger partial charge on any atom is -0.497 e. The average Bonchev–Trinajstić information content (AvgIpc) is 3.30. The summed E-state index contributed by atoms with van der Waals surface area (Å²) in [5.41, 5.74) is 1.71. The molecule has 4 rings (SSSR count). The van der Waals surface area contributed by atoms with Crippen molar-refractivity contribution in [3.63, 3.8) is 0 Å². The SMILES string of the molecule is [C-]#[N+]c1ccc(-c2nc(CC3CCNC3)n(C)c(=O)c2-c2ccc(OC)cc2)cc1F. The maximum atomic E-state index is 14.4. The van der Waals surface area contributed by atoms with Crippen LogP contribution in [0.5, 0.6) is 5.75 Å². The monoisotopic (exact) mass is 418 g/mol. The molecule has 3 aromatic rings. The van der Waals surface area contributed by atoms with Gasteiger partial charge in [-0.2, -0.15) is 0 Å². The first-order chi connectivity index (χ1) is 15.0. The third-order valence-corrected chi connectivity index (χ3v) is 5.74. The number of nitrogens with zero attached hydrogens (tertiary/aromatic N) is 3. The molecule has 1 aliphatic rings. The van der Waals surface area contributed by atoms with Gasteiger partial charge in [-0.15, -0.1) is 0 Å². The number of ether oxygens (including phenoxy) is 1. The van der Waals surface area contributed by atoms with Gasteiger partial charge >= 0.3 is 0 Å². The van der Waals surface area contributed by atoms with Gasteiger partial charge in [0.25, 0.3) is 5.56 Å². The third kappa shape index (κ3) is 4.07. The molecular formula is C24H23FN4O2. The highest BCUT2D eigenvalue weighted by molar-refractivity contribution is 5.81. The van der Waals surface area contributed by atoms with Gasteiger partial charge in [-0.3, -0.25) is 9.36 Å². The molecule has 2 heterocycles. The van der Waals surface area contributed by atoms with Gasteiger partial charge in [0.15, 0.2) is 0 Å². The number of benzene rings is 2. The van der Waals surface area contributed by atoms with Crippen LogP contribution < -0.4 is 15.6 Å². The lowest BCUT2D eigenvalue weighted by Crippen LogP contribution is -2.27. The zero-order valence-electron chi connectivity index (χ0n) is 17.5. The van der Waals surface area contributed by atoms with Crippen LogP contribution in [0.1, 0.15) is 12.2 Å². The lowest BCUT2D eigenvalue weighted by molar-refractivity contribution is 0.415. The summed E-state index contributed by atoms with van der Waals surface area (Å²) in [5.74, 6) is 1.12. The Balaban J connectivity index is 1.91. The predicted molar refractivity (Wildman–Crippen MR) is 118 cm³/mol. The Morgan fingerprint density at radius 1 is 1.26 bits per heavy atom. The van der Waals surface area contributed by atoms with Gasteiger partial charge < -0.3 is 10.1 Å². The molecule has 0 aliphatic carbocycles. The van der Waals surface area contributed by atoms with Gasteiger partial charge in [-0.25, -0.2) is 14.2 Å². The van der Waals surface area contributed by atoms with Crippen molar-refractivity contribution < 1.29 is 9.13 Å². The molecule has 0 amide bonds. The molecule has 1 saturated heterocycles. The first-order valence-corrected chi connectivity index (χ1v) is 10.1. The molecule has 1 aliphatic heterocycles. The van der Waals surface area contributed by atoms with E-state index in [2.05, 4.69) is 10.2 Å². The van der Waals surface area contributed by atoms with Crippen molar-refractivity contribution in [2.24, 2.45) is 13.0 Å². The van der Waals surface area contributed by atoms with Crippen molar-refractivity contribution in [2.45, 2.75) is 12.8 Å². The third-order valence-electron chi connectivity index (χ3n) is 5.74. The first kappa shape index (κ1) is 20.8. The maximum absolute atomic E-state index is 14.4. The van der Waals surface area contributed by atoms with Crippen LogP contribution in [-0.4, -0.2) is 29.8 Å². The van der Waals surface area contributed by atoms with Gasteiger partial charge in [0.05, 0.1) is 24.9 Å². The van der Waals surface area contributed by atoms with Crippen molar-refractivity contribution in [1.82, 2.24) is 14.9 Å². The van der Waals surface area contributed by atoms with Crippen molar-refractivity contribution in [1.29, 1.82) is 0 Å². The fourth-order valence-electron chi connectivity index (χ4n) is 3.95. The van der Waals surface area contributed by atoms with E-state index in [4.69, 9.17) is 16.3 Å². The highest BCUT2D eigenvalue weighted by Gasteiger charge is 2.22. The molecule has 0 spiro atoms. The van der Waals surface area contributed by atoms with Crippen LogP contribution in [0.3, 0.4) is 0 Å². The van der Waals surface area contributed by atoms with E-state index in [1.54, 1.807) is 49.1 Å². The molecule has 31 heavy (non-hydrogen) atoms. The van der Waals surface area contributed by atoms with Gasteiger partial charge in [0.2, 0.25) is 5.69 Å². The smallest absolute Gasteiger partial charge is 0.261 e. The van der Waals surface area contributed by atoms with Crippen molar-refractivity contribution in [3.8, 4) is 28.1 Å². The highest BCUT2D eigenvalue weighted by Crippen LogP contribution is 2.32. The number of hydrogen-bond donors (Lipinski definition) is 1. The summed E-state index contributed by atoms with van der Waals surface area (Å²) < 4.78 is 21.2. The molecule has 0 saturated carbocycles. The average molecular weight is 418 g/mol. The van der Waals surface area contributed by atoms with Crippen LogP contribution in [0.2, 0.25) is 0 Å². The molecule has 1 aromatic heterocycles. The Morgan fingerprint density at radius 3 is 2.61 bits per heavy atom. The zero-order valence-corrected chi connectivity index (χ0v) is 17.5. The molecule has 1 atom stereocenters.